The molecule has 0 fully saturated rings. The Hall–Kier alpha value is -2.43. The lowest BCUT2D eigenvalue weighted by Gasteiger charge is -2.31. The van der Waals surface area contributed by atoms with E-state index in [9.17, 15) is 9.36 Å². The van der Waals surface area contributed by atoms with Crippen molar-refractivity contribution in [1.29, 1.82) is 0 Å². The molecule has 1 aliphatic rings. The van der Waals surface area contributed by atoms with Crippen molar-refractivity contribution in [3.05, 3.63) is 65.1 Å². The third-order valence-electron chi connectivity index (χ3n) is 4.54. The van der Waals surface area contributed by atoms with E-state index >= 15 is 0 Å². The Bertz CT molecular complexity index is 951. The maximum absolute atomic E-state index is 13.3. The third-order valence-corrected chi connectivity index (χ3v) is 6.51. The molecule has 1 aliphatic heterocycles. The molecule has 29 heavy (non-hydrogen) atoms. The van der Waals surface area contributed by atoms with Gasteiger partial charge in [0.2, 0.25) is 0 Å². The smallest absolute Gasteiger partial charge is 0.410 e. The number of hydrogen-bond donors (Lipinski definition) is 0. The molecule has 3 rings (SSSR count). The normalized spacial score (nSPS) is 16.3. The van der Waals surface area contributed by atoms with Crippen LogP contribution in [0.4, 0.5) is 4.79 Å². The summed E-state index contributed by atoms with van der Waals surface area (Å²) in [4.78, 5) is 18.6. The zero-order valence-electron chi connectivity index (χ0n) is 17.3. The SMILES string of the molecule is COP(=O)(/C=C/c1ccccc1)c1ccc2c(n1)CCN(C(=O)OC(C)(C)C)C2. The first-order valence-corrected chi connectivity index (χ1v) is 11.3. The summed E-state index contributed by atoms with van der Waals surface area (Å²) in [6.45, 7) is 6.48. The maximum atomic E-state index is 13.3. The average molecular weight is 414 g/mol. The molecule has 1 atom stereocenters. The van der Waals surface area contributed by atoms with Crippen LogP contribution in [0.3, 0.4) is 0 Å². The van der Waals surface area contributed by atoms with Crippen molar-refractivity contribution in [2.75, 3.05) is 13.7 Å². The van der Waals surface area contributed by atoms with Gasteiger partial charge in [-0.25, -0.2) is 9.78 Å². The second-order valence-corrected chi connectivity index (χ2v) is 10.2. The van der Waals surface area contributed by atoms with Crippen LogP contribution in [0.5, 0.6) is 0 Å². The van der Waals surface area contributed by atoms with E-state index < -0.39 is 13.0 Å². The molecule has 0 saturated heterocycles. The lowest BCUT2D eigenvalue weighted by atomic mass is 10.1. The van der Waals surface area contributed by atoms with Gasteiger partial charge in [0.05, 0.1) is 6.54 Å². The highest BCUT2D eigenvalue weighted by Crippen LogP contribution is 2.46. The summed E-state index contributed by atoms with van der Waals surface area (Å²) < 4.78 is 24.1. The van der Waals surface area contributed by atoms with Crippen LogP contribution in [0, 0.1) is 0 Å². The van der Waals surface area contributed by atoms with Crippen molar-refractivity contribution in [1.82, 2.24) is 9.88 Å². The van der Waals surface area contributed by atoms with Crippen LogP contribution in [0.1, 0.15) is 37.6 Å². The summed E-state index contributed by atoms with van der Waals surface area (Å²) in [5, 5.41) is 0. The number of aromatic nitrogens is 1. The van der Waals surface area contributed by atoms with Crippen LogP contribution in [-0.2, 0) is 26.8 Å². The van der Waals surface area contributed by atoms with E-state index in [4.69, 9.17) is 9.26 Å². The minimum absolute atomic E-state index is 0.333. The van der Waals surface area contributed by atoms with Gasteiger partial charge in [-0.05, 0) is 44.0 Å². The number of carbonyl (C=O) groups is 1. The largest absolute Gasteiger partial charge is 0.444 e. The molecule has 0 spiro atoms. The first-order chi connectivity index (χ1) is 13.7. The predicted octanol–water partition coefficient (Wildman–Crippen LogP) is 4.60. The number of carbonyl (C=O) groups excluding carboxylic acids is 1. The fraction of sp³-hybridized carbons (Fsp3) is 0.364. The van der Waals surface area contributed by atoms with Gasteiger partial charge in [-0.15, -0.1) is 0 Å². The van der Waals surface area contributed by atoms with Crippen LogP contribution < -0.4 is 5.44 Å². The van der Waals surface area contributed by atoms with Gasteiger partial charge in [0, 0.05) is 31.6 Å². The van der Waals surface area contributed by atoms with Crippen molar-refractivity contribution in [2.45, 2.75) is 39.3 Å². The van der Waals surface area contributed by atoms with Gasteiger partial charge >= 0.3 is 6.09 Å². The lowest BCUT2D eigenvalue weighted by Crippen LogP contribution is -2.40. The zero-order valence-corrected chi connectivity index (χ0v) is 18.2. The standard InChI is InChI=1S/C22H27N2O4P/c1-22(2,3)28-21(25)24-14-12-19-18(16-24)10-11-20(23-19)29(26,27-4)15-13-17-8-6-5-7-9-17/h5-11,13,15H,12,14,16H2,1-4H3/b15-13+. The van der Waals surface area contributed by atoms with Crippen molar-refractivity contribution in [2.24, 2.45) is 0 Å². The van der Waals surface area contributed by atoms with Crippen molar-refractivity contribution in [3.8, 4) is 0 Å². The fourth-order valence-corrected chi connectivity index (χ4v) is 4.41. The van der Waals surface area contributed by atoms with Gasteiger partial charge in [0.25, 0.3) is 7.37 Å². The minimum atomic E-state index is -3.22. The number of pyridine rings is 1. The molecule has 2 aromatic rings. The number of hydrogen-bond acceptors (Lipinski definition) is 5. The lowest BCUT2D eigenvalue weighted by molar-refractivity contribution is 0.0223. The third kappa shape index (κ3) is 5.34. The Balaban J connectivity index is 1.79. The Morgan fingerprint density at radius 2 is 1.90 bits per heavy atom. The quantitative estimate of drug-likeness (QED) is 0.684. The average Bonchev–Trinajstić information content (AvgIpc) is 2.70. The van der Waals surface area contributed by atoms with Gasteiger partial charge in [-0.3, -0.25) is 4.57 Å². The summed E-state index contributed by atoms with van der Waals surface area (Å²) in [5.41, 5.74) is 2.59. The summed E-state index contributed by atoms with van der Waals surface area (Å²) in [6, 6.07) is 13.2. The van der Waals surface area contributed by atoms with Gasteiger partial charge in [0.1, 0.15) is 11.0 Å². The molecule has 2 heterocycles. The number of nitrogens with zero attached hydrogens (tertiary/aromatic N) is 2. The molecule has 1 aromatic carbocycles. The highest BCUT2D eigenvalue weighted by atomic mass is 31.2. The van der Waals surface area contributed by atoms with E-state index in [1.807, 2.05) is 57.2 Å². The van der Waals surface area contributed by atoms with E-state index in [0.717, 1.165) is 16.8 Å². The monoisotopic (exact) mass is 414 g/mol. The van der Waals surface area contributed by atoms with Crippen molar-refractivity contribution < 1.29 is 18.6 Å². The first kappa shape index (κ1) is 21.3. The molecule has 7 heteroatoms. The van der Waals surface area contributed by atoms with Crippen molar-refractivity contribution in [3.63, 3.8) is 0 Å². The minimum Gasteiger partial charge on any atom is -0.444 e. The molecule has 6 nitrogen and oxygen atoms in total. The molecular formula is C22H27N2O4P. The molecule has 1 unspecified atom stereocenters. The molecule has 0 N–H and O–H groups in total. The van der Waals surface area contributed by atoms with Gasteiger partial charge < -0.3 is 14.2 Å². The number of rotatable bonds is 4. The second kappa shape index (κ2) is 8.52. The van der Waals surface area contributed by atoms with Gasteiger partial charge in [0.15, 0.2) is 0 Å². The van der Waals surface area contributed by atoms with E-state index in [0.29, 0.717) is 24.9 Å². The van der Waals surface area contributed by atoms with E-state index in [2.05, 4.69) is 4.98 Å². The van der Waals surface area contributed by atoms with E-state index in [1.165, 1.54) is 7.11 Å². The molecule has 0 aliphatic carbocycles. The summed E-state index contributed by atoms with van der Waals surface area (Å²) in [5.74, 6) is 1.59. The van der Waals surface area contributed by atoms with Gasteiger partial charge in [-0.2, -0.15) is 0 Å². The van der Waals surface area contributed by atoms with Crippen LogP contribution in [0.25, 0.3) is 6.08 Å². The van der Waals surface area contributed by atoms with Crippen LogP contribution >= 0.6 is 7.37 Å². The summed E-state index contributed by atoms with van der Waals surface area (Å²) in [6.07, 6.45) is 2.03. The van der Waals surface area contributed by atoms with Crippen LogP contribution in [0.2, 0.25) is 0 Å². The maximum Gasteiger partial charge on any atom is 0.410 e. The summed E-state index contributed by atoms with van der Waals surface area (Å²) in [7, 11) is -1.79. The number of ether oxygens (including phenoxy) is 1. The van der Waals surface area contributed by atoms with E-state index in [1.54, 1.807) is 22.9 Å². The molecular weight excluding hydrogens is 387 g/mol. The van der Waals surface area contributed by atoms with Gasteiger partial charge in [-0.1, -0.05) is 36.4 Å². The van der Waals surface area contributed by atoms with Crippen molar-refractivity contribution >= 4 is 25.0 Å². The molecule has 1 amide bonds. The molecule has 0 bridgehead atoms. The molecule has 154 valence electrons. The molecule has 0 saturated carbocycles. The Morgan fingerprint density at radius 3 is 2.55 bits per heavy atom. The van der Waals surface area contributed by atoms with Crippen LogP contribution in [0.15, 0.2) is 48.3 Å². The topological polar surface area (TPSA) is 68.7 Å². The predicted molar refractivity (Wildman–Crippen MR) is 114 cm³/mol. The first-order valence-electron chi connectivity index (χ1n) is 9.57. The second-order valence-electron chi connectivity index (χ2n) is 7.93. The Morgan fingerprint density at radius 1 is 1.17 bits per heavy atom. The Kier molecular flexibility index (Phi) is 6.25. The molecule has 1 aromatic heterocycles. The zero-order chi connectivity index (χ0) is 21.1. The fourth-order valence-electron chi connectivity index (χ4n) is 3.04. The van der Waals surface area contributed by atoms with E-state index in [-0.39, 0.29) is 6.09 Å². The number of benzene rings is 1. The summed E-state index contributed by atoms with van der Waals surface area (Å²) >= 11 is 0. The van der Waals surface area contributed by atoms with Crippen LogP contribution in [-0.4, -0.2) is 35.2 Å². The highest BCUT2D eigenvalue weighted by Gasteiger charge is 2.29. The number of amides is 1. The molecule has 0 radical (unpaired) electrons. The highest BCUT2D eigenvalue weighted by molar-refractivity contribution is 7.69. The number of fused-ring (bicyclic) bond motifs is 1. The Labute approximate surface area is 172 Å².